The van der Waals surface area contributed by atoms with Crippen molar-refractivity contribution in [1.82, 2.24) is 0 Å². The Labute approximate surface area is 73.9 Å². The van der Waals surface area contributed by atoms with E-state index in [1.165, 1.54) is 6.42 Å². The van der Waals surface area contributed by atoms with Crippen LogP contribution in [0.4, 0.5) is 0 Å². The van der Waals surface area contributed by atoms with Crippen molar-refractivity contribution in [2.75, 3.05) is 0 Å². The number of aliphatic hydroxyl groups excluding tert-OH is 1. The van der Waals surface area contributed by atoms with E-state index in [-0.39, 0.29) is 11.7 Å². The van der Waals surface area contributed by atoms with Crippen LogP contribution in [0.3, 0.4) is 0 Å². The van der Waals surface area contributed by atoms with Crippen LogP contribution in [0.2, 0.25) is 0 Å². The summed E-state index contributed by atoms with van der Waals surface area (Å²) < 4.78 is 5.81. The monoisotopic (exact) mass is 170 g/mol. The number of hydrogen-bond acceptors (Lipinski definition) is 2. The van der Waals surface area contributed by atoms with E-state index in [0.29, 0.717) is 12.0 Å². The Bertz CT molecular complexity index is 181. The fourth-order valence-electron chi connectivity index (χ4n) is 2.81. The van der Waals surface area contributed by atoms with Crippen LogP contribution in [0.1, 0.15) is 39.5 Å². The molecule has 1 heterocycles. The minimum Gasteiger partial charge on any atom is -0.390 e. The van der Waals surface area contributed by atoms with Crippen molar-refractivity contribution in [3.63, 3.8) is 0 Å². The average Bonchev–Trinajstić information content (AvgIpc) is 2.27. The molecule has 0 aromatic carbocycles. The van der Waals surface area contributed by atoms with Gasteiger partial charge in [0.2, 0.25) is 0 Å². The average molecular weight is 170 g/mol. The molecule has 2 nitrogen and oxygen atoms in total. The lowest BCUT2D eigenvalue weighted by molar-refractivity contribution is -0.133. The molecule has 1 N–H and O–H groups in total. The van der Waals surface area contributed by atoms with E-state index in [1.54, 1.807) is 0 Å². The second kappa shape index (κ2) is 2.71. The predicted octanol–water partition coefficient (Wildman–Crippen LogP) is 1.71. The van der Waals surface area contributed by atoms with E-state index in [1.807, 2.05) is 0 Å². The van der Waals surface area contributed by atoms with Gasteiger partial charge in [0.15, 0.2) is 0 Å². The van der Waals surface area contributed by atoms with Gasteiger partial charge in [-0.1, -0.05) is 6.42 Å². The van der Waals surface area contributed by atoms with Gasteiger partial charge < -0.3 is 9.84 Å². The van der Waals surface area contributed by atoms with Crippen LogP contribution in [0.15, 0.2) is 0 Å². The first-order valence-corrected chi connectivity index (χ1v) is 4.99. The molecule has 1 aliphatic carbocycles. The molecule has 0 bridgehead atoms. The standard InChI is InChI=1S/C10H18O2/c1-7-6-8-4-3-5-9(11)10(8,2)12-7/h7-9,11H,3-6H2,1-2H3/t7-,8-,9-,10+/m1/s1. The van der Waals surface area contributed by atoms with E-state index < -0.39 is 0 Å². The van der Waals surface area contributed by atoms with Gasteiger partial charge >= 0.3 is 0 Å². The second-order valence-corrected chi connectivity index (χ2v) is 4.49. The lowest BCUT2D eigenvalue weighted by Crippen LogP contribution is -2.47. The normalized spacial score (nSPS) is 53.8. The first kappa shape index (κ1) is 8.52. The third-order valence-electron chi connectivity index (χ3n) is 3.57. The summed E-state index contributed by atoms with van der Waals surface area (Å²) >= 11 is 0. The molecule has 1 saturated carbocycles. The maximum Gasteiger partial charge on any atom is 0.0944 e. The fourth-order valence-corrected chi connectivity index (χ4v) is 2.81. The molecule has 2 rings (SSSR count). The summed E-state index contributed by atoms with van der Waals surface area (Å²) in [6.45, 7) is 4.18. The largest absolute Gasteiger partial charge is 0.390 e. The molecule has 2 aliphatic rings. The summed E-state index contributed by atoms with van der Waals surface area (Å²) in [6.07, 6.45) is 4.55. The topological polar surface area (TPSA) is 29.5 Å². The van der Waals surface area contributed by atoms with Gasteiger partial charge in [0.25, 0.3) is 0 Å². The van der Waals surface area contributed by atoms with Gasteiger partial charge in [-0.3, -0.25) is 0 Å². The highest BCUT2D eigenvalue weighted by Gasteiger charge is 2.49. The minimum atomic E-state index is -0.235. The van der Waals surface area contributed by atoms with Crippen LogP contribution in [-0.4, -0.2) is 22.9 Å². The smallest absolute Gasteiger partial charge is 0.0944 e. The Balaban J connectivity index is 2.18. The van der Waals surface area contributed by atoms with E-state index in [2.05, 4.69) is 13.8 Å². The van der Waals surface area contributed by atoms with Crippen molar-refractivity contribution in [3.8, 4) is 0 Å². The highest BCUT2D eigenvalue weighted by atomic mass is 16.5. The van der Waals surface area contributed by atoms with E-state index in [0.717, 1.165) is 19.3 Å². The lowest BCUT2D eigenvalue weighted by Gasteiger charge is -2.39. The molecule has 1 saturated heterocycles. The summed E-state index contributed by atoms with van der Waals surface area (Å²) in [7, 11) is 0. The van der Waals surface area contributed by atoms with Gasteiger partial charge in [-0.15, -0.1) is 0 Å². The highest BCUT2D eigenvalue weighted by Crippen LogP contribution is 2.45. The zero-order valence-electron chi connectivity index (χ0n) is 7.92. The van der Waals surface area contributed by atoms with Crippen molar-refractivity contribution in [3.05, 3.63) is 0 Å². The SMILES string of the molecule is C[C@@H]1C[C@H]2CCC[C@@H](O)[C@@]2(C)O1. The van der Waals surface area contributed by atoms with Crippen molar-refractivity contribution in [2.24, 2.45) is 5.92 Å². The molecule has 1 aliphatic heterocycles. The summed E-state index contributed by atoms with van der Waals surface area (Å²) in [5.41, 5.74) is -0.225. The Kier molecular flexibility index (Phi) is 1.92. The maximum atomic E-state index is 9.83. The molecule has 0 radical (unpaired) electrons. The number of hydrogen-bond donors (Lipinski definition) is 1. The summed E-state index contributed by atoms with van der Waals surface area (Å²) in [5, 5.41) is 9.83. The van der Waals surface area contributed by atoms with E-state index in [9.17, 15) is 5.11 Å². The van der Waals surface area contributed by atoms with Gasteiger partial charge in [-0.25, -0.2) is 0 Å². The number of ether oxygens (including phenoxy) is 1. The summed E-state index contributed by atoms with van der Waals surface area (Å²) in [5.74, 6) is 0.594. The maximum absolute atomic E-state index is 9.83. The molecule has 70 valence electrons. The Morgan fingerprint density at radius 3 is 2.83 bits per heavy atom. The summed E-state index contributed by atoms with van der Waals surface area (Å²) in [6, 6.07) is 0. The molecule has 4 atom stereocenters. The Morgan fingerprint density at radius 2 is 2.17 bits per heavy atom. The van der Waals surface area contributed by atoms with Crippen LogP contribution < -0.4 is 0 Å². The first-order valence-electron chi connectivity index (χ1n) is 4.99. The number of rotatable bonds is 0. The molecule has 0 aromatic rings. The van der Waals surface area contributed by atoms with Crippen molar-refractivity contribution in [1.29, 1.82) is 0 Å². The zero-order chi connectivity index (χ0) is 8.77. The predicted molar refractivity (Wildman–Crippen MR) is 46.9 cm³/mol. The third kappa shape index (κ3) is 1.09. The van der Waals surface area contributed by atoms with Gasteiger partial charge in [-0.2, -0.15) is 0 Å². The molecule has 2 heteroatoms. The number of aliphatic hydroxyl groups is 1. The van der Waals surface area contributed by atoms with Crippen molar-refractivity contribution < 1.29 is 9.84 Å². The molecule has 0 unspecified atom stereocenters. The van der Waals surface area contributed by atoms with Crippen molar-refractivity contribution >= 4 is 0 Å². The zero-order valence-corrected chi connectivity index (χ0v) is 7.92. The Hall–Kier alpha value is -0.0800. The summed E-state index contributed by atoms with van der Waals surface area (Å²) in [4.78, 5) is 0. The van der Waals surface area contributed by atoms with Crippen LogP contribution >= 0.6 is 0 Å². The fraction of sp³-hybridized carbons (Fsp3) is 1.00. The van der Waals surface area contributed by atoms with Gasteiger partial charge in [0.1, 0.15) is 0 Å². The number of fused-ring (bicyclic) bond motifs is 1. The third-order valence-corrected chi connectivity index (χ3v) is 3.57. The lowest BCUT2D eigenvalue weighted by atomic mass is 9.74. The van der Waals surface area contributed by atoms with Crippen molar-refractivity contribution in [2.45, 2.75) is 57.3 Å². The second-order valence-electron chi connectivity index (χ2n) is 4.49. The van der Waals surface area contributed by atoms with Gasteiger partial charge in [0.05, 0.1) is 17.8 Å². The van der Waals surface area contributed by atoms with Crippen LogP contribution in [0, 0.1) is 5.92 Å². The van der Waals surface area contributed by atoms with Crippen LogP contribution in [-0.2, 0) is 4.74 Å². The Morgan fingerprint density at radius 1 is 1.42 bits per heavy atom. The van der Waals surface area contributed by atoms with Gasteiger partial charge in [-0.05, 0) is 39.0 Å². The highest BCUT2D eigenvalue weighted by molar-refractivity contribution is 4.99. The minimum absolute atomic E-state index is 0.225. The van der Waals surface area contributed by atoms with Crippen LogP contribution in [0.5, 0.6) is 0 Å². The molecular formula is C10H18O2. The van der Waals surface area contributed by atoms with E-state index in [4.69, 9.17) is 4.74 Å². The van der Waals surface area contributed by atoms with Gasteiger partial charge in [0, 0.05) is 0 Å². The molecule has 12 heavy (non-hydrogen) atoms. The molecular weight excluding hydrogens is 152 g/mol. The van der Waals surface area contributed by atoms with Crippen LogP contribution in [0.25, 0.3) is 0 Å². The van der Waals surface area contributed by atoms with E-state index >= 15 is 0 Å². The molecule has 0 amide bonds. The first-order chi connectivity index (χ1) is 5.63. The molecule has 2 fully saturated rings. The molecule has 0 spiro atoms. The quantitative estimate of drug-likeness (QED) is 0.599. The molecule has 0 aromatic heterocycles.